The van der Waals surface area contributed by atoms with Crippen LogP contribution in [0.3, 0.4) is 0 Å². The average Bonchev–Trinajstić information content (AvgIpc) is 2.61. The van der Waals surface area contributed by atoms with Gasteiger partial charge in [-0.1, -0.05) is 102 Å². The summed E-state index contributed by atoms with van der Waals surface area (Å²) in [6, 6.07) is 0. The minimum atomic E-state index is -1.44. The van der Waals surface area contributed by atoms with Crippen LogP contribution in [0.25, 0.3) is 0 Å². The smallest absolute Gasteiger partial charge is 0.325 e. The highest BCUT2D eigenvalue weighted by Crippen LogP contribution is 2.22. The van der Waals surface area contributed by atoms with Gasteiger partial charge < -0.3 is 15.1 Å². The Morgan fingerprint density at radius 2 is 0.966 bits per heavy atom. The van der Waals surface area contributed by atoms with Crippen LogP contribution in [-0.4, -0.2) is 32.7 Å². The maximum absolute atomic E-state index is 12.0. The average molecular weight is 416 g/mol. The third-order valence-electron chi connectivity index (χ3n) is 5.17. The van der Waals surface area contributed by atoms with E-state index in [1.807, 2.05) is 0 Å². The largest absolute Gasteiger partial charge is 0.373 e. The first-order valence-electron chi connectivity index (χ1n) is 12.0. The molecule has 174 valence electrons. The normalized spacial score (nSPS) is 12.6. The molecule has 0 aromatic carbocycles. The molecule has 5 nitrogen and oxygen atoms in total. The van der Waals surface area contributed by atoms with Crippen molar-refractivity contribution in [2.45, 2.75) is 149 Å². The predicted molar refractivity (Wildman–Crippen MR) is 120 cm³/mol. The van der Waals surface area contributed by atoms with Crippen molar-refractivity contribution in [2.75, 3.05) is 0 Å². The topological polar surface area (TPSA) is 70.0 Å². The molecule has 0 rings (SSSR count). The van der Waals surface area contributed by atoms with Gasteiger partial charge >= 0.3 is 5.97 Å². The van der Waals surface area contributed by atoms with Crippen LogP contribution in [-0.2, 0) is 9.63 Å². The summed E-state index contributed by atoms with van der Waals surface area (Å²) in [4.78, 5) is 17.2. The number of unbranched alkanes of at least 4 members (excludes halogenated alkanes) is 14. The molecule has 29 heavy (non-hydrogen) atoms. The van der Waals surface area contributed by atoms with E-state index >= 15 is 0 Å². The molecule has 2 N–H and O–H groups in total. The fraction of sp³-hybridized carbons (Fsp3) is 0.958. The summed E-state index contributed by atoms with van der Waals surface area (Å²) in [5.41, 5.74) is -2.88. The monoisotopic (exact) mass is 415 g/mol. The Hall–Kier alpha value is -0.650. The summed E-state index contributed by atoms with van der Waals surface area (Å²) in [5, 5.41) is 21.1. The molecule has 0 heterocycles. The quantitative estimate of drug-likeness (QED) is 0.144. The van der Waals surface area contributed by atoms with Crippen molar-refractivity contribution in [2.24, 2.45) is 0 Å². The summed E-state index contributed by atoms with van der Waals surface area (Å²) in [5.74, 6) is -0.413. The lowest BCUT2D eigenvalue weighted by Gasteiger charge is -2.39. The molecule has 0 saturated heterocycles. The number of carbonyl (C=O) groups excluding carboxylic acids is 1. The predicted octanol–water partition coefficient (Wildman–Crippen LogP) is 6.46. The van der Waals surface area contributed by atoms with Crippen LogP contribution in [0.1, 0.15) is 137 Å². The molecule has 0 aliphatic rings. The van der Waals surface area contributed by atoms with Gasteiger partial charge in [-0.2, -0.15) is 0 Å². The molecule has 0 spiro atoms. The molecule has 0 atom stereocenters. The second-order valence-corrected chi connectivity index (χ2v) is 9.45. The Kier molecular flexibility index (Phi) is 15.7. The Morgan fingerprint density at radius 1 is 0.655 bits per heavy atom. The number of hydrogen-bond acceptors (Lipinski definition) is 5. The van der Waals surface area contributed by atoms with E-state index in [4.69, 9.17) is 4.84 Å². The van der Waals surface area contributed by atoms with Crippen molar-refractivity contribution >= 4 is 5.97 Å². The van der Waals surface area contributed by atoms with E-state index in [1.165, 1.54) is 105 Å². The fourth-order valence-corrected chi connectivity index (χ4v) is 3.68. The molecule has 0 amide bonds. The van der Waals surface area contributed by atoms with Crippen molar-refractivity contribution in [3.05, 3.63) is 0 Å². The maximum Gasteiger partial charge on any atom is 0.325 e. The Balaban J connectivity index is 3.55. The molecule has 0 aliphatic carbocycles. The summed E-state index contributed by atoms with van der Waals surface area (Å²) >= 11 is 0. The third kappa shape index (κ3) is 16.8. The number of carbonyl (C=O) groups is 1. The first-order valence-corrected chi connectivity index (χ1v) is 12.0. The zero-order valence-electron chi connectivity index (χ0n) is 20.0. The van der Waals surface area contributed by atoms with Gasteiger partial charge in [0.1, 0.15) is 11.4 Å². The van der Waals surface area contributed by atoms with Crippen LogP contribution in [0.2, 0.25) is 0 Å². The van der Waals surface area contributed by atoms with Crippen molar-refractivity contribution in [3.8, 4) is 0 Å². The molecule has 0 unspecified atom stereocenters. The van der Waals surface area contributed by atoms with Gasteiger partial charge in [0, 0.05) is 6.42 Å². The molecule has 0 aliphatic heterocycles. The number of nitrogens with zero attached hydrogens (tertiary/aromatic N) is 1. The van der Waals surface area contributed by atoms with Crippen molar-refractivity contribution < 1.29 is 19.8 Å². The molecule has 0 fully saturated rings. The maximum atomic E-state index is 12.0. The third-order valence-corrected chi connectivity index (χ3v) is 5.17. The summed E-state index contributed by atoms with van der Waals surface area (Å²) < 4.78 is 0. The van der Waals surface area contributed by atoms with Crippen LogP contribution in [0, 0.1) is 0 Å². The first-order chi connectivity index (χ1) is 13.6. The van der Waals surface area contributed by atoms with Gasteiger partial charge in [-0.3, -0.25) is 4.79 Å². The van der Waals surface area contributed by atoms with Crippen molar-refractivity contribution in [1.29, 1.82) is 0 Å². The van der Waals surface area contributed by atoms with Crippen molar-refractivity contribution in [3.63, 3.8) is 0 Å². The van der Waals surface area contributed by atoms with Crippen LogP contribution in [0.5, 0.6) is 0 Å². The van der Waals surface area contributed by atoms with E-state index in [0.717, 1.165) is 24.3 Å². The summed E-state index contributed by atoms with van der Waals surface area (Å²) in [7, 11) is 0. The van der Waals surface area contributed by atoms with E-state index < -0.39 is 17.4 Å². The first kappa shape index (κ1) is 28.4. The molecule has 0 bridgehead atoms. The van der Waals surface area contributed by atoms with Gasteiger partial charge in [0.25, 0.3) is 0 Å². The second kappa shape index (κ2) is 16.1. The lowest BCUT2D eigenvalue weighted by molar-refractivity contribution is -0.346. The van der Waals surface area contributed by atoms with E-state index in [-0.39, 0.29) is 0 Å². The molecule has 5 heteroatoms. The van der Waals surface area contributed by atoms with Crippen LogP contribution >= 0.6 is 0 Å². The fourth-order valence-electron chi connectivity index (χ4n) is 3.68. The molecule has 0 aromatic heterocycles. The van der Waals surface area contributed by atoms with Gasteiger partial charge in [0.05, 0.1) is 0 Å². The van der Waals surface area contributed by atoms with Gasteiger partial charge in [0.15, 0.2) is 0 Å². The number of rotatable bonds is 19. The van der Waals surface area contributed by atoms with Crippen LogP contribution < -0.4 is 0 Å². The Bertz CT molecular complexity index is 385. The SMILES string of the molecule is CCCCCCCCCCCCCCCCCC(=O)ON(C(C)(C)O)C(C)(C)O. The number of hydrogen-bond donors (Lipinski definition) is 2. The summed E-state index contributed by atoms with van der Waals surface area (Å²) in [6.45, 7) is 8.18. The highest BCUT2D eigenvalue weighted by Gasteiger charge is 2.38. The van der Waals surface area contributed by atoms with Gasteiger partial charge in [0.2, 0.25) is 0 Å². The molecule has 0 aromatic rings. The standard InChI is InChI=1S/C24H49NO4/c1-6-7-8-9-10-11-12-13-14-15-16-17-18-19-20-21-22(26)29-25(23(2,3)27)24(4,5)28/h27-28H,6-21H2,1-5H3. The van der Waals surface area contributed by atoms with E-state index in [9.17, 15) is 15.0 Å². The molecular formula is C24H49NO4. The number of hydroxylamine groups is 2. The molecule has 0 saturated carbocycles. The molecular weight excluding hydrogens is 366 g/mol. The van der Waals surface area contributed by atoms with Gasteiger partial charge in [-0.15, -0.1) is 0 Å². The zero-order valence-corrected chi connectivity index (χ0v) is 20.0. The van der Waals surface area contributed by atoms with Crippen molar-refractivity contribution in [1.82, 2.24) is 5.06 Å². The van der Waals surface area contributed by atoms with Crippen LogP contribution in [0.4, 0.5) is 0 Å². The highest BCUT2D eigenvalue weighted by atomic mass is 16.7. The lowest BCUT2D eigenvalue weighted by atomic mass is 10.0. The number of aliphatic hydroxyl groups is 2. The lowest BCUT2D eigenvalue weighted by Crippen LogP contribution is -2.56. The Morgan fingerprint density at radius 3 is 1.28 bits per heavy atom. The summed E-state index contributed by atoms with van der Waals surface area (Å²) in [6.07, 6.45) is 19.5. The van der Waals surface area contributed by atoms with Gasteiger partial charge in [-0.25, -0.2) is 0 Å². The van der Waals surface area contributed by atoms with E-state index in [1.54, 1.807) is 0 Å². The zero-order chi connectivity index (χ0) is 22.2. The van der Waals surface area contributed by atoms with E-state index in [0.29, 0.717) is 6.42 Å². The van der Waals surface area contributed by atoms with Crippen LogP contribution in [0.15, 0.2) is 0 Å². The second-order valence-electron chi connectivity index (χ2n) is 9.45. The highest BCUT2D eigenvalue weighted by molar-refractivity contribution is 5.69. The van der Waals surface area contributed by atoms with E-state index in [2.05, 4.69) is 6.92 Å². The molecule has 0 radical (unpaired) electrons. The van der Waals surface area contributed by atoms with Gasteiger partial charge in [-0.05, 0) is 34.1 Å². The minimum Gasteiger partial charge on any atom is -0.373 e. The minimum absolute atomic E-state index is 0.306. The Labute approximate surface area is 180 Å².